The van der Waals surface area contributed by atoms with E-state index >= 15 is 0 Å². The lowest BCUT2D eigenvalue weighted by Gasteiger charge is -2.36. The smallest absolute Gasteiger partial charge is 0.231 e. The van der Waals surface area contributed by atoms with Crippen LogP contribution >= 0.6 is 35.3 Å². The van der Waals surface area contributed by atoms with E-state index in [-0.39, 0.29) is 24.0 Å². The quantitative estimate of drug-likeness (QED) is 0.355. The second kappa shape index (κ2) is 10.6. The molecule has 9 heteroatoms. The second-order valence-corrected chi connectivity index (χ2v) is 8.66. The lowest BCUT2D eigenvalue weighted by atomic mass is 10.1. The minimum atomic E-state index is 0. The van der Waals surface area contributed by atoms with Gasteiger partial charge >= 0.3 is 0 Å². The van der Waals surface area contributed by atoms with Gasteiger partial charge < -0.3 is 19.7 Å². The van der Waals surface area contributed by atoms with Crippen molar-refractivity contribution in [3.8, 4) is 11.5 Å². The highest BCUT2D eigenvalue weighted by molar-refractivity contribution is 14.0. The molecule has 30 heavy (non-hydrogen) atoms. The van der Waals surface area contributed by atoms with Crippen molar-refractivity contribution in [2.45, 2.75) is 33.9 Å². The maximum atomic E-state index is 5.50. The van der Waals surface area contributed by atoms with Crippen molar-refractivity contribution in [3.05, 3.63) is 39.3 Å². The monoisotopic (exact) mass is 543 g/mol. The molecule has 0 radical (unpaired) electrons. The minimum absolute atomic E-state index is 0. The third-order valence-corrected chi connectivity index (χ3v) is 6.34. The molecular formula is C21H30IN5O2S. The normalized spacial score (nSPS) is 16.5. The van der Waals surface area contributed by atoms with Crippen molar-refractivity contribution < 1.29 is 9.47 Å². The van der Waals surface area contributed by atoms with Gasteiger partial charge in [0.1, 0.15) is 5.01 Å². The molecule has 0 amide bonds. The molecular weight excluding hydrogens is 513 g/mol. The molecule has 0 unspecified atom stereocenters. The Morgan fingerprint density at radius 3 is 2.63 bits per heavy atom. The van der Waals surface area contributed by atoms with Gasteiger partial charge in [-0.2, -0.15) is 0 Å². The molecule has 2 aliphatic heterocycles. The van der Waals surface area contributed by atoms with E-state index in [1.807, 2.05) is 6.07 Å². The number of hydrogen-bond donors (Lipinski definition) is 1. The lowest BCUT2D eigenvalue weighted by molar-refractivity contribution is 0.171. The SMILES string of the molecule is CCNC(=NCc1nc(C)c(C)s1)N1CCN(Cc2ccc3c(c2)OCO3)CC1.I. The Labute approximate surface area is 199 Å². The average molecular weight is 543 g/mol. The maximum absolute atomic E-state index is 5.50. The molecule has 1 N–H and O–H groups in total. The topological polar surface area (TPSA) is 62.2 Å². The number of ether oxygens (including phenoxy) is 2. The van der Waals surface area contributed by atoms with Crippen molar-refractivity contribution in [1.82, 2.24) is 20.1 Å². The van der Waals surface area contributed by atoms with E-state index in [0.29, 0.717) is 13.3 Å². The fraction of sp³-hybridized carbons (Fsp3) is 0.524. The summed E-state index contributed by atoms with van der Waals surface area (Å²) in [4.78, 5) is 15.6. The van der Waals surface area contributed by atoms with Crippen LogP contribution < -0.4 is 14.8 Å². The first-order valence-corrected chi connectivity index (χ1v) is 11.0. The van der Waals surface area contributed by atoms with Crippen LogP contribution in [0.15, 0.2) is 23.2 Å². The molecule has 164 valence electrons. The number of guanidine groups is 1. The Balaban J connectivity index is 0.00000256. The summed E-state index contributed by atoms with van der Waals surface area (Å²) in [6.45, 7) is 13.0. The van der Waals surface area contributed by atoms with Crippen molar-refractivity contribution in [3.63, 3.8) is 0 Å². The van der Waals surface area contributed by atoms with Crippen LogP contribution in [-0.2, 0) is 13.1 Å². The zero-order valence-corrected chi connectivity index (χ0v) is 21.0. The average Bonchev–Trinajstić information content (AvgIpc) is 3.31. The van der Waals surface area contributed by atoms with Crippen LogP contribution in [-0.4, -0.2) is 60.3 Å². The van der Waals surface area contributed by atoms with Gasteiger partial charge in [-0.05, 0) is 38.5 Å². The molecule has 2 aromatic rings. The fourth-order valence-electron chi connectivity index (χ4n) is 3.59. The third kappa shape index (κ3) is 5.55. The van der Waals surface area contributed by atoms with Crippen LogP contribution in [0, 0.1) is 13.8 Å². The summed E-state index contributed by atoms with van der Waals surface area (Å²) in [5.74, 6) is 2.69. The van der Waals surface area contributed by atoms with Gasteiger partial charge in [0.25, 0.3) is 0 Å². The third-order valence-electron chi connectivity index (χ3n) is 5.29. The maximum Gasteiger partial charge on any atom is 0.231 e. The van der Waals surface area contributed by atoms with Crippen LogP contribution in [0.4, 0.5) is 0 Å². The molecule has 0 spiro atoms. The standard InChI is InChI=1S/C21H29N5O2S.HI/c1-4-22-21(23-12-20-24-15(2)16(3)29-20)26-9-7-25(8-10-26)13-17-5-6-18-19(11-17)28-14-27-18;/h5-6,11H,4,7-10,12-14H2,1-3H3,(H,22,23);1H. The van der Waals surface area contributed by atoms with Crippen molar-refractivity contribution in [2.24, 2.45) is 4.99 Å². The summed E-state index contributed by atoms with van der Waals surface area (Å²) in [5, 5.41) is 4.52. The Morgan fingerprint density at radius 1 is 1.17 bits per heavy atom. The minimum Gasteiger partial charge on any atom is -0.454 e. The van der Waals surface area contributed by atoms with Crippen molar-refractivity contribution >= 4 is 41.3 Å². The summed E-state index contributed by atoms with van der Waals surface area (Å²) >= 11 is 1.74. The van der Waals surface area contributed by atoms with Crippen LogP contribution in [0.3, 0.4) is 0 Å². The summed E-state index contributed by atoms with van der Waals surface area (Å²) in [7, 11) is 0. The zero-order chi connectivity index (χ0) is 20.2. The summed E-state index contributed by atoms with van der Waals surface area (Å²) in [5.41, 5.74) is 2.38. The number of aromatic nitrogens is 1. The zero-order valence-electron chi connectivity index (χ0n) is 17.8. The number of thiazole rings is 1. The van der Waals surface area contributed by atoms with Gasteiger partial charge in [-0.1, -0.05) is 6.07 Å². The van der Waals surface area contributed by atoms with Gasteiger partial charge in [0.2, 0.25) is 6.79 Å². The number of hydrogen-bond acceptors (Lipinski definition) is 6. The predicted octanol–water partition coefficient (Wildman–Crippen LogP) is 3.39. The van der Waals surface area contributed by atoms with Gasteiger partial charge in [-0.3, -0.25) is 4.90 Å². The van der Waals surface area contributed by atoms with Crippen molar-refractivity contribution in [2.75, 3.05) is 39.5 Å². The molecule has 0 bridgehead atoms. The van der Waals surface area contributed by atoms with E-state index in [9.17, 15) is 0 Å². The van der Waals surface area contributed by atoms with E-state index in [1.54, 1.807) is 11.3 Å². The Bertz CT molecular complexity index is 861. The number of aliphatic imine (C=N–C) groups is 1. The number of fused-ring (bicyclic) bond motifs is 1. The molecule has 0 aliphatic carbocycles. The first-order chi connectivity index (χ1) is 14.1. The number of rotatable bonds is 5. The molecule has 3 heterocycles. The van der Waals surface area contributed by atoms with E-state index in [1.165, 1.54) is 10.4 Å². The highest BCUT2D eigenvalue weighted by Gasteiger charge is 2.21. The van der Waals surface area contributed by atoms with Crippen molar-refractivity contribution in [1.29, 1.82) is 0 Å². The summed E-state index contributed by atoms with van der Waals surface area (Å²) < 4.78 is 10.9. The largest absolute Gasteiger partial charge is 0.454 e. The van der Waals surface area contributed by atoms with Crippen LogP contribution in [0.2, 0.25) is 0 Å². The number of nitrogens with zero attached hydrogens (tertiary/aromatic N) is 4. The number of aryl methyl sites for hydroxylation is 2. The Hall–Kier alpha value is -1.59. The van der Waals surface area contributed by atoms with E-state index in [2.05, 4.69) is 53.0 Å². The summed E-state index contributed by atoms with van der Waals surface area (Å²) in [6.07, 6.45) is 0. The number of halogens is 1. The van der Waals surface area contributed by atoms with E-state index in [4.69, 9.17) is 14.5 Å². The van der Waals surface area contributed by atoms with Gasteiger partial charge in [-0.25, -0.2) is 9.98 Å². The van der Waals surface area contributed by atoms with Gasteiger partial charge in [0.15, 0.2) is 17.5 Å². The molecule has 1 aromatic carbocycles. The highest BCUT2D eigenvalue weighted by atomic mass is 127. The number of benzene rings is 1. The fourth-order valence-corrected chi connectivity index (χ4v) is 4.45. The van der Waals surface area contributed by atoms with Crippen LogP contribution in [0.5, 0.6) is 11.5 Å². The predicted molar refractivity (Wildman–Crippen MR) is 131 cm³/mol. The first kappa shape index (κ1) is 23.1. The Kier molecular flexibility index (Phi) is 8.18. The molecule has 0 saturated carbocycles. The molecule has 1 saturated heterocycles. The Morgan fingerprint density at radius 2 is 1.93 bits per heavy atom. The molecule has 1 fully saturated rings. The van der Waals surface area contributed by atoms with E-state index in [0.717, 1.165) is 67.4 Å². The molecule has 1 aromatic heterocycles. The second-order valence-electron chi connectivity index (χ2n) is 7.37. The van der Waals surface area contributed by atoms with Gasteiger partial charge in [0.05, 0.1) is 12.2 Å². The summed E-state index contributed by atoms with van der Waals surface area (Å²) in [6, 6.07) is 6.23. The molecule has 4 rings (SSSR count). The van der Waals surface area contributed by atoms with Gasteiger partial charge in [-0.15, -0.1) is 35.3 Å². The van der Waals surface area contributed by atoms with Gasteiger partial charge in [0, 0.05) is 44.1 Å². The van der Waals surface area contributed by atoms with Crippen LogP contribution in [0.25, 0.3) is 0 Å². The lowest BCUT2D eigenvalue weighted by Crippen LogP contribution is -2.52. The molecule has 7 nitrogen and oxygen atoms in total. The highest BCUT2D eigenvalue weighted by Crippen LogP contribution is 2.32. The molecule has 0 atom stereocenters. The number of piperazine rings is 1. The number of nitrogens with one attached hydrogen (secondary N) is 1. The van der Waals surface area contributed by atoms with Crippen LogP contribution in [0.1, 0.15) is 28.1 Å². The molecule has 2 aliphatic rings. The van der Waals surface area contributed by atoms with E-state index < -0.39 is 0 Å². The first-order valence-electron chi connectivity index (χ1n) is 10.2.